The second-order valence-corrected chi connectivity index (χ2v) is 5.70. The van der Waals surface area contributed by atoms with Crippen LogP contribution in [0.2, 0.25) is 0 Å². The second kappa shape index (κ2) is 12.7. The van der Waals surface area contributed by atoms with Gasteiger partial charge in [0.15, 0.2) is 0 Å². The monoisotopic (exact) mass is 318 g/mol. The van der Waals surface area contributed by atoms with Crippen LogP contribution in [0.1, 0.15) is 57.4 Å². The van der Waals surface area contributed by atoms with Gasteiger partial charge in [0.1, 0.15) is 19.0 Å². The molecule has 23 heavy (non-hydrogen) atoms. The third-order valence-corrected chi connectivity index (χ3v) is 3.77. The zero-order chi connectivity index (χ0) is 16.8. The summed E-state index contributed by atoms with van der Waals surface area (Å²) < 4.78 is 10.6. The lowest BCUT2D eigenvalue weighted by Crippen LogP contribution is -2.10. The first kappa shape index (κ1) is 19.3. The molecule has 0 bridgehead atoms. The molecule has 0 aliphatic rings. The number of aryl methyl sites for hydroxylation is 1. The Kier molecular flexibility index (Phi) is 10.7. The van der Waals surface area contributed by atoms with Crippen molar-refractivity contribution in [3.05, 3.63) is 42.5 Å². The van der Waals surface area contributed by atoms with Crippen molar-refractivity contribution in [2.75, 3.05) is 13.2 Å². The third-order valence-electron chi connectivity index (χ3n) is 3.77. The predicted molar refractivity (Wildman–Crippen MR) is 94.8 cm³/mol. The van der Waals surface area contributed by atoms with Crippen molar-refractivity contribution in [1.29, 1.82) is 0 Å². The van der Waals surface area contributed by atoms with Gasteiger partial charge in [-0.2, -0.15) is 0 Å². The minimum atomic E-state index is -0.412. The molecule has 0 fully saturated rings. The number of ether oxygens (including phenoxy) is 2. The van der Waals surface area contributed by atoms with Gasteiger partial charge in [-0.05, 0) is 24.5 Å². The Morgan fingerprint density at radius 2 is 1.74 bits per heavy atom. The highest BCUT2D eigenvalue weighted by Crippen LogP contribution is 2.20. The zero-order valence-corrected chi connectivity index (χ0v) is 14.4. The van der Waals surface area contributed by atoms with Gasteiger partial charge >= 0.3 is 5.97 Å². The first-order valence-electron chi connectivity index (χ1n) is 8.77. The van der Waals surface area contributed by atoms with Crippen molar-refractivity contribution >= 4 is 5.97 Å². The molecule has 1 aromatic carbocycles. The smallest absolute Gasteiger partial charge is 0.330 e. The van der Waals surface area contributed by atoms with E-state index in [0.29, 0.717) is 6.61 Å². The molecule has 0 atom stereocenters. The van der Waals surface area contributed by atoms with Gasteiger partial charge in [-0.1, -0.05) is 70.2 Å². The van der Waals surface area contributed by atoms with Gasteiger partial charge in [0.25, 0.3) is 0 Å². The molecule has 0 spiro atoms. The molecule has 0 heterocycles. The summed E-state index contributed by atoms with van der Waals surface area (Å²) in [4.78, 5) is 11.0. The van der Waals surface area contributed by atoms with Crippen molar-refractivity contribution in [2.24, 2.45) is 0 Å². The largest absolute Gasteiger partial charge is 0.490 e. The van der Waals surface area contributed by atoms with Crippen molar-refractivity contribution in [3.8, 4) is 5.75 Å². The molecule has 0 unspecified atom stereocenters. The van der Waals surface area contributed by atoms with Crippen LogP contribution in [-0.2, 0) is 16.0 Å². The first-order chi connectivity index (χ1) is 11.3. The molecular weight excluding hydrogens is 288 g/mol. The van der Waals surface area contributed by atoms with Crippen molar-refractivity contribution < 1.29 is 14.3 Å². The molecule has 1 aromatic rings. The van der Waals surface area contributed by atoms with Crippen LogP contribution in [0.3, 0.4) is 0 Å². The Morgan fingerprint density at radius 3 is 2.48 bits per heavy atom. The van der Waals surface area contributed by atoms with Crippen molar-refractivity contribution in [3.63, 3.8) is 0 Å². The van der Waals surface area contributed by atoms with E-state index in [2.05, 4.69) is 19.6 Å². The highest BCUT2D eigenvalue weighted by atomic mass is 16.6. The molecule has 0 radical (unpaired) electrons. The Morgan fingerprint density at radius 1 is 1.04 bits per heavy atom. The normalized spacial score (nSPS) is 10.3. The summed E-state index contributed by atoms with van der Waals surface area (Å²) in [6, 6.07) is 8.11. The summed E-state index contributed by atoms with van der Waals surface area (Å²) in [7, 11) is 0. The molecule has 0 amide bonds. The summed E-state index contributed by atoms with van der Waals surface area (Å²) in [5.74, 6) is 0.484. The summed E-state index contributed by atoms with van der Waals surface area (Å²) in [6.45, 7) is 6.22. The van der Waals surface area contributed by atoms with Gasteiger partial charge in [0, 0.05) is 6.08 Å². The highest BCUT2D eigenvalue weighted by molar-refractivity contribution is 5.81. The van der Waals surface area contributed by atoms with E-state index in [1.165, 1.54) is 50.5 Å². The van der Waals surface area contributed by atoms with Crippen LogP contribution in [0.15, 0.2) is 36.9 Å². The molecule has 3 nitrogen and oxygen atoms in total. The molecule has 0 aliphatic carbocycles. The fraction of sp³-hybridized carbons (Fsp3) is 0.550. The minimum Gasteiger partial charge on any atom is -0.490 e. The summed E-state index contributed by atoms with van der Waals surface area (Å²) in [6.07, 6.45) is 11.3. The quantitative estimate of drug-likeness (QED) is 0.289. The van der Waals surface area contributed by atoms with Crippen LogP contribution in [0.25, 0.3) is 0 Å². The molecule has 1 rings (SSSR count). The number of esters is 1. The molecule has 0 N–H and O–H groups in total. The zero-order valence-electron chi connectivity index (χ0n) is 14.4. The Balaban J connectivity index is 2.24. The fourth-order valence-corrected chi connectivity index (χ4v) is 2.48. The lowest BCUT2D eigenvalue weighted by Gasteiger charge is -2.11. The number of carbonyl (C=O) groups excluding carboxylic acids is 1. The van der Waals surface area contributed by atoms with Crippen LogP contribution < -0.4 is 4.74 Å². The predicted octanol–water partition coefficient (Wildman–Crippen LogP) is 5.09. The van der Waals surface area contributed by atoms with E-state index in [-0.39, 0.29) is 6.61 Å². The summed E-state index contributed by atoms with van der Waals surface area (Å²) >= 11 is 0. The number of benzene rings is 1. The van der Waals surface area contributed by atoms with Gasteiger partial charge in [-0.25, -0.2) is 4.79 Å². The molecule has 0 saturated heterocycles. The maximum absolute atomic E-state index is 11.0. The lowest BCUT2D eigenvalue weighted by atomic mass is 10.0. The SMILES string of the molecule is C=CC(=O)OCCOc1ccccc1CCCCCCCCC. The maximum Gasteiger partial charge on any atom is 0.330 e. The van der Waals surface area contributed by atoms with Crippen LogP contribution >= 0.6 is 0 Å². The molecule has 128 valence electrons. The Hall–Kier alpha value is -1.77. The molecule has 3 heteroatoms. The van der Waals surface area contributed by atoms with E-state index < -0.39 is 5.97 Å². The minimum absolute atomic E-state index is 0.247. The number of hydrogen-bond acceptors (Lipinski definition) is 3. The molecular formula is C20H30O3. The number of hydrogen-bond donors (Lipinski definition) is 0. The number of rotatable bonds is 13. The highest BCUT2D eigenvalue weighted by Gasteiger charge is 2.03. The van der Waals surface area contributed by atoms with E-state index >= 15 is 0 Å². The van der Waals surface area contributed by atoms with Crippen LogP contribution in [0, 0.1) is 0 Å². The standard InChI is InChI=1S/C20H30O3/c1-3-5-6-7-8-9-10-13-18-14-11-12-15-19(18)22-16-17-23-20(21)4-2/h4,11-12,14-15H,2-3,5-10,13,16-17H2,1H3. The number of para-hydroxylation sites is 1. The van der Waals surface area contributed by atoms with E-state index in [1.807, 2.05) is 18.2 Å². The van der Waals surface area contributed by atoms with Gasteiger partial charge in [0.05, 0.1) is 0 Å². The maximum atomic E-state index is 11.0. The van der Waals surface area contributed by atoms with E-state index in [9.17, 15) is 4.79 Å². The Bertz CT molecular complexity index is 454. The number of carbonyl (C=O) groups is 1. The van der Waals surface area contributed by atoms with Crippen LogP contribution in [0.5, 0.6) is 5.75 Å². The van der Waals surface area contributed by atoms with Crippen LogP contribution in [0.4, 0.5) is 0 Å². The lowest BCUT2D eigenvalue weighted by molar-refractivity contribution is -0.138. The second-order valence-electron chi connectivity index (χ2n) is 5.70. The molecule has 0 aromatic heterocycles. The fourth-order valence-electron chi connectivity index (χ4n) is 2.48. The summed E-state index contributed by atoms with van der Waals surface area (Å²) in [5, 5.41) is 0. The topological polar surface area (TPSA) is 35.5 Å². The van der Waals surface area contributed by atoms with E-state index in [1.54, 1.807) is 0 Å². The van der Waals surface area contributed by atoms with E-state index in [4.69, 9.17) is 9.47 Å². The van der Waals surface area contributed by atoms with Crippen LogP contribution in [-0.4, -0.2) is 19.2 Å². The average molecular weight is 318 g/mol. The third kappa shape index (κ3) is 9.07. The van der Waals surface area contributed by atoms with Gasteiger partial charge in [-0.3, -0.25) is 0 Å². The molecule has 0 aliphatic heterocycles. The summed E-state index contributed by atoms with van der Waals surface area (Å²) in [5.41, 5.74) is 1.23. The Labute approximate surface area is 140 Å². The van der Waals surface area contributed by atoms with Crippen molar-refractivity contribution in [2.45, 2.75) is 58.3 Å². The number of unbranched alkanes of at least 4 members (excludes halogenated alkanes) is 6. The average Bonchev–Trinajstić information content (AvgIpc) is 2.58. The van der Waals surface area contributed by atoms with Gasteiger partial charge < -0.3 is 9.47 Å². The molecule has 0 saturated carbocycles. The van der Waals surface area contributed by atoms with Gasteiger partial charge in [-0.15, -0.1) is 0 Å². The van der Waals surface area contributed by atoms with Gasteiger partial charge in [0.2, 0.25) is 0 Å². The van der Waals surface area contributed by atoms with E-state index in [0.717, 1.165) is 18.2 Å². The first-order valence-corrected chi connectivity index (χ1v) is 8.77. The van der Waals surface area contributed by atoms with Crippen molar-refractivity contribution in [1.82, 2.24) is 0 Å².